The second kappa shape index (κ2) is 11.1. The third kappa shape index (κ3) is 4.13. The topological polar surface area (TPSA) is 30.5 Å². The number of hydrogen-bond donors (Lipinski definition) is 0. The van der Waals surface area contributed by atoms with Gasteiger partial charge >= 0.3 is 0 Å². The van der Waals surface area contributed by atoms with Gasteiger partial charge in [-0.1, -0.05) is 103 Å². The maximum atomic E-state index is 6.55. The second-order valence-corrected chi connectivity index (χ2v) is 14.1. The molecule has 1 aliphatic heterocycles. The number of furan rings is 1. The van der Waals surface area contributed by atoms with Crippen LogP contribution in [0.25, 0.3) is 82.1 Å². The van der Waals surface area contributed by atoms with Gasteiger partial charge in [-0.25, -0.2) is 0 Å². The zero-order valence-corrected chi connectivity index (χ0v) is 29.0. The third-order valence-electron chi connectivity index (χ3n) is 11.1. The summed E-state index contributed by atoms with van der Waals surface area (Å²) in [5.41, 5.74) is 10.7. The highest BCUT2D eigenvalue weighted by atomic mass is 16.5. The predicted octanol–water partition coefficient (Wildman–Crippen LogP) is 14.2. The first-order valence-corrected chi connectivity index (χ1v) is 18.3. The van der Waals surface area contributed by atoms with Crippen LogP contribution in [0.15, 0.2) is 186 Å². The largest absolute Gasteiger partial charge is 0.456 e. The lowest BCUT2D eigenvalue weighted by molar-refractivity contribution is 0.487. The average molecular weight is 691 g/mol. The summed E-state index contributed by atoms with van der Waals surface area (Å²) in [6, 6.07) is 64.9. The van der Waals surface area contributed by atoms with E-state index in [4.69, 9.17) is 9.15 Å². The van der Waals surface area contributed by atoms with Crippen LogP contribution in [0.1, 0.15) is 0 Å². The van der Waals surface area contributed by atoms with Gasteiger partial charge in [-0.2, -0.15) is 0 Å². The van der Waals surface area contributed by atoms with Crippen molar-refractivity contribution in [1.82, 2.24) is 4.57 Å². The maximum Gasteiger partial charge on any atom is 0.135 e. The number of hydrogen-bond acceptors (Lipinski definition) is 3. The van der Waals surface area contributed by atoms with Crippen LogP contribution < -0.4 is 9.64 Å². The van der Waals surface area contributed by atoms with Gasteiger partial charge in [-0.3, -0.25) is 0 Å². The molecule has 0 saturated carbocycles. The van der Waals surface area contributed by atoms with E-state index in [1.54, 1.807) is 0 Å². The monoisotopic (exact) mass is 690 g/mol. The van der Waals surface area contributed by atoms with Crippen LogP contribution in [-0.2, 0) is 0 Å². The molecule has 0 bridgehead atoms. The molecule has 11 aromatic rings. The van der Waals surface area contributed by atoms with Crippen LogP contribution in [0.4, 0.5) is 17.1 Å². The van der Waals surface area contributed by atoms with E-state index in [1.165, 1.54) is 32.6 Å². The van der Waals surface area contributed by atoms with E-state index in [0.717, 1.165) is 78.0 Å². The van der Waals surface area contributed by atoms with E-state index in [0.29, 0.717) is 0 Å². The Kier molecular flexibility index (Phi) is 6.02. The molecule has 9 aromatic carbocycles. The Morgan fingerprint density at radius 2 is 1.11 bits per heavy atom. The van der Waals surface area contributed by atoms with Crippen molar-refractivity contribution in [2.45, 2.75) is 0 Å². The SMILES string of the molecule is c1ccc(-n2c3ccc(N(c4ccc5oc6ccccc6c5c4)c4ccc5c6c(cccc46)Oc4ccccc4-5)cc3c3c4ccccc4ccc32)cc1. The Labute approximate surface area is 310 Å². The summed E-state index contributed by atoms with van der Waals surface area (Å²) in [7, 11) is 0. The predicted molar refractivity (Wildman–Crippen MR) is 223 cm³/mol. The standard InChI is InChI=1S/C50H30N2O2/c1-2-12-32(13-3-1)52-43-26-22-33(30-41(43)49-35-14-5-4-11-31(35)21-25-44(49)52)51(34-23-28-47-40(29-34)37-16-7-9-19-46(37)53-47)42-27-24-38-36-15-6-8-18-45(36)54-48-20-10-17-39(42)50(38)48/h1-30H. The average Bonchev–Trinajstić information content (AvgIpc) is 3.77. The lowest BCUT2D eigenvalue weighted by atomic mass is 9.93. The van der Waals surface area contributed by atoms with Crippen LogP contribution in [0.2, 0.25) is 0 Å². The number of ether oxygens (including phenoxy) is 1. The van der Waals surface area contributed by atoms with E-state index in [1.807, 2.05) is 24.3 Å². The molecule has 3 heterocycles. The third-order valence-corrected chi connectivity index (χ3v) is 11.1. The Morgan fingerprint density at radius 3 is 2.04 bits per heavy atom. The van der Waals surface area contributed by atoms with Crippen LogP contribution >= 0.6 is 0 Å². The number of rotatable bonds is 4. The van der Waals surface area contributed by atoms with E-state index >= 15 is 0 Å². The van der Waals surface area contributed by atoms with Gasteiger partial charge in [0.2, 0.25) is 0 Å². The molecule has 0 N–H and O–H groups in total. The maximum absolute atomic E-state index is 6.55. The molecule has 0 fully saturated rings. The van der Waals surface area contributed by atoms with Gasteiger partial charge in [-0.15, -0.1) is 0 Å². The minimum absolute atomic E-state index is 0.868. The molecule has 252 valence electrons. The number of nitrogens with zero attached hydrogens (tertiary/aromatic N) is 2. The zero-order chi connectivity index (χ0) is 35.3. The van der Waals surface area contributed by atoms with Crippen LogP contribution in [-0.4, -0.2) is 4.57 Å². The molecular weight excluding hydrogens is 661 g/mol. The highest BCUT2D eigenvalue weighted by Crippen LogP contribution is 2.51. The van der Waals surface area contributed by atoms with Gasteiger partial charge in [0.05, 0.1) is 16.7 Å². The smallest absolute Gasteiger partial charge is 0.135 e. The van der Waals surface area contributed by atoms with Crippen molar-refractivity contribution >= 4 is 82.4 Å². The quantitative estimate of drug-likeness (QED) is 0.184. The Bertz CT molecular complexity index is 3320. The number of para-hydroxylation sites is 3. The van der Waals surface area contributed by atoms with Gasteiger partial charge in [0.25, 0.3) is 0 Å². The van der Waals surface area contributed by atoms with E-state index in [-0.39, 0.29) is 0 Å². The molecule has 4 nitrogen and oxygen atoms in total. The number of benzene rings is 9. The van der Waals surface area contributed by atoms with Gasteiger partial charge in [0, 0.05) is 54.9 Å². The summed E-state index contributed by atoms with van der Waals surface area (Å²) in [6.45, 7) is 0. The summed E-state index contributed by atoms with van der Waals surface area (Å²) >= 11 is 0. The van der Waals surface area contributed by atoms with Crippen molar-refractivity contribution in [1.29, 1.82) is 0 Å². The lowest BCUT2D eigenvalue weighted by Crippen LogP contribution is -2.11. The highest BCUT2D eigenvalue weighted by Gasteiger charge is 2.25. The second-order valence-electron chi connectivity index (χ2n) is 14.1. The summed E-state index contributed by atoms with van der Waals surface area (Å²) in [5, 5.41) is 9.32. The van der Waals surface area contributed by atoms with Gasteiger partial charge < -0.3 is 18.6 Å². The van der Waals surface area contributed by atoms with Crippen LogP contribution in [0.5, 0.6) is 11.5 Å². The van der Waals surface area contributed by atoms with Crippen molar-refractivity contribution in [2.24, 2.45) is 0 Å². The molecule has 54 heavy (non-hydrogen) atoms. The fraction of sp³-hybridized carbons (Fsp3) is 0. The van der Waals surface area contributed by atoms with Crippen LogP contribution in [0.3, 0.4) is 0 Å². The first-order valence-electron chi connectivity index (χ1n) is 18.3. The number of aromatic nitrogens is 1. The fourth-order valence-corrected chi connectivity index (χ4v) is 8.81. The molecule has 4 heteroatoms. The van der Waals surface area contributed by atoms with Gasteiger partial charge in [0.1, 0.15) is 22.7 Å². The molecule has 0 saturated heterocycles. The number of anilines is 3. The number of fused-ring (bicyclic) bond motifs is 10. The fourth-order valence-electron chi connectivity index (χ4n) is 8.81. The zero-order valence-electron chi connectivity index (χ0n) is 29.0. The lowest BCUT2D eigenvalue weighted by Gasteiger charge is -2.29. The molecular formula is C50H30N2O2. The summed E-state index contributed by atoms with van der Waals surface area (Å²) in [4.78, 5) is 2.40. The van der Waals surface area contributed by atoms with Crippen molar-refractivity contribution in [3.05, 3.63) is 182 Å². The first-order chi connectivity index (χ1) is 26.8. The normalized spacial score (nSPS) is 12.2. The first kappa shape index (κ1) is 29.3. The molecule has 2 aromatic heterocycles. The Hall–Kier alpha value is -7.30. The van der Waals surface area contributed by atoms with Gasteiger partial charge in [-0.05, 0) is 95.2 Å². The minimum Gasteiger partial charge on any atom is -0.456 e. The molecule has 12 rings (SSSR count). The van der Waals surface area contributed by atoms with Crippen molar-refractivity contribution in [2.75, 3.05) is 4.90 Å². The molecule has 0 spiro atoms. The Balaban J connectivity index is 1.18. The van der Waals surface area contributed by atoms with Crippen molar-refractivity contribution < 1.29 is 9.15 Å². The van der Waals surface area contributed by atoms with E-state index in [9.17, 15) is 0 Å². The Morgan fingerprint density at radius 1 is 0.407 bits per heavy atom. The summed E-state index contributed by atoms with van der Waals surface area (Å²) in [6.07, 6.45) is 0. The molecule has 1 aliphatic rings. The molecule has 0 radical (unpaired) electrons. The summed E-state index contributed by atoms with van der Waals surface area (Å²) < 4.78 is 15.3. The highest BCUT2D eigenvalue weighted by molar-refractivity contribution is 6.22. The van der Waals surface area contributed by atoms with Crippen LogP contribution in [0, 0.1) is 0 Å². The summed E-state index contributed by atoms with van der Waals surface area (Å²) in [5.74, 6) is 1.75. The van der Waals surface area contributed by atoms with Crippen molar-refractivity contribution in [3.63, 3.8) is 0 Å². The van der Waals surface area contributed by atoms with E-state index < -0.39 is 0 Å². The van der Waals surface area contributed by atoms with E-state index in [2.05, 4.69) is 167 Å². The molecule has 0 unspecified atom stereocenters. The van der Waals surface area contributed by atoms with Gasteiger partial charge in [0.15, 0.2) is 0 Å². The minimum atomic E-state index is 0.868. The molecule has 0 amide bonds. The molecule has 0 atom stereocenters. The van der Waals surface area contributed by atoms with Crippen molar-refractivity contribution in [3.8, 4) is 28.3 Å². The molecule has 0 aliphatic carbocycles.